The number of pyridine rings is 1. The number of carbonyl (C=O) groups excluding carboxylic acids is 1. The molecule has 4 heteroatoms. The van der Waals surface area contributed by atoms with Gasteiger partial charge in [0, 0.05) is 12.0 Å². The highest BCUT2D eigenvalue weighted by Crippen LogP contribution is 2.20. The molecule has 0 saturated heterocycles. The fourth-order valence-corrected chi connectivity index (χ4v) is 2.37. The molecule has 1 aliphatic rings. The lowest BCUT2D eigenvalue weighted by Crippen LogP contribution is -2.27. The Morgan fingerprint density at radius 1 is 1.27 bits per heavy atom. The molecule has 0 atom stereocenters. The first-order chi connectivity index (χ1) is 10.4. The molecule has 1 aromatic heterocycles. The number of nitrogens with zero attached hydrogens (tertiary/aromatic N) is 1. The third-order valence-electron chi connectivity index (χ3n) is 3.84. The minimum absolute atomic E-state index is 0.000699. The van der Waals surface area contributed by atoms with Crippen molar-refractivity contribution in [1.29, 1.82) is 0 Å². The molecule has 0 saturated carbocycles. The highest BCUT2D eigenvalue weighted by atomic mass is 16.2. The van der Waals surface area contributed by atoms with Gasteiger partial charge in [-0.15, -0.1) is 0 Å². The first-order valence-corrected chi connectivity index (χ1v) is 8.14. The fourth-order valence-electron chi connectivity index (χ4n) is 2.37. The van der Waals surface area contributed by atoms with Gasteiger partial charge in [-0.25, -0.2) is 4.98 Å². The average molecular weight is 301 g/mol. The quantitative estimate of drug-likeness (QED) is 0.794. The Bertz CT molecular complexity index is 526. The van der Waals surface area contributed by atoms with Gasteiger partial charge in [-0.3, -0.25) is 4.79 Å². The molecule has 2 rings (SSSR count). The summed E-state index contributed by atoms with van der Waals surface area (Å²) in [6, 6.07) is 3.80. The van der Waals surface area contributed by atoms with Gasteiger partial charge in [-0.05, 0) is 44.2 Å². The van der Waals surface area contributed by atoms with Crippen LogP contribution < -0.4 is 10.6 Å². The summed E-state index contributed by atoms with van der Waals surface area (Å²) < 4.78 is 0. The van der Waals surface area contributed by atoms with Gasteiger partial charge in [0.25, 0.3) is 0 Å². The first-order valence-electron chi connectivity index (χ1n) is 8.14. The number of rotatable bonds is 5. The molecule has 0 radical (unpaired) electrons. The van der Waals surface area contributed by atoms with Crippen molar-refractivity contribution < 1.29 is 4.79 Å². The number of amides is 1. The van der Waals surface area contributed by atoms with Crippen molar-refractivity contribution in [3.63, 3.8) is 0 Å². The largest absolute Gasteiger partial charge is 0.370 e. The molecule has 1 heterocycles. The summed E-state index contributed by atoms with van der Waals surface area (Å²) in [5.41, 5.74) is 1.90. The van der Waals surface area contributed by atoms with Crippen molar-refractivity contribution in [3.05, 3.63) is 30.0 Å². The molecule has 0 bridgehead atoms. The lowest BCUT2D eigenvalue weighted by Gasteiger charge is -2.17. The molecule has 120 valence electrons. The molecular formula is C18H27N3O. The van der Waals surface area contributed by atoms with Crippen molar-refractivity contribution in [2.75, 3.05) is 17.2 Å². The topological polar surface area (TPSA) is 54.0 Å². The highest BCUT2D eigenvalue weighted by molar-refractivity contribution is 5.94. The van der Waals surface area contributed by atoms with Crippen molar-refractivity contribution in [2.45, 2.75) is 52.9 Å². The van der Waals surface area contributed by atoms with Gasteiger partial charge < -0.3 is 10.6 Å². The summed E-state index contributed by atoms with van der Waals surface area (Å²) in [5.74, 6) is 0.851. The summed E-state index contributed by atoms with van der Waals surface area (Å²) in [4.78, 5) is 16.3. The van der Waals surface area contributed by atoms with E-state index in [1.54, 1.807) is 11.8 Å². The first kappa shape index (κ1) is 16.5. The number of aromatic nitrogens is 1. The Hall–Kier alpha value is -1.84. The number of anilines is 2. The Kier molecular flexibility index (Phi) is 5.58. The standard InChI is InChI=1S/C18H27N3O/c1-18(2,3)17(22)21-15-9-10-16(20-13-15)19-12-11-14-7-5-4-6-8-14/h7,9-10,13H,4-6,8,11-12H2,1-3H3,(H,19,20)(H,21,22). The second-order valence-corrected chi connectivity index (χ2v) is 6.92. The zero-order valence-electron chi connectivity index (χ0n) is 13.9. The van der Waals surface area contributed by atoms with Crippen LogP contribution in [0.4, 0.5) is 11.5 Å². The molecule has 2 N–H and O–H groups in total. The second-order valence-electron chi connectivity index (χ2n) is 6.92. The predicted octanol–water partition coefficient (Wildman–Crippen LogP) is 4.37. The molecule has 0 fully saturated rings. The molecule has 0 aliphatic heterocycles. The molecule has 1 aromatic rings. The predicted molar refractivity (Wildman–Crippen MR) is 92.0 cm³/mol. The third kappa shape index (κ3) is 5.17. The third-order valence-corrected chi connectivity index (χ3v) is 3.84. The van der Waals surface area contributed by atoms with Crippen LogP contribution in [0.3, 0.4) is 0 Å². The van der Waals surface area contributed by atoms with E-state index in [4.69, 9.17) is 0 Å². The van der Waals surface area contributed by atoms with Crippen molar-refractivity contribution in [2.24, 2.45) is 5.41 Å². The van der Waals surface area contributed by atoms with Crippen LogP contribution in [0.15, 0.2) is 30.0 Å². The summed E-state index contributed by atoms with van der Waals surface area (Å²) in [7, 11) is 0. The average Bonchev–Trinajstić information content (AvgIpc) is 2.49. The Morgan fingerprint density at radius 3 is 2.68 bits per heavy atom. The maximum atomic E-state index is 11.9. The van der Waals surface area contributed by atoms with Gasteiger partial charge in [-0.2, -0.15) is 0 Å². The Morgan fingerprint density at radius 2 is 2.09 bits per heavy atom. The summed E-state index contributed by atoms with van der Waals surface area (Å²) in [5, 5.41) is 6.22. The van der Waals surface area contributed by atoms with Gasteiger partial charge in [0.1, 0.15) is 5.82 Å². The molecule has 1 amide bonds. The normalized spacial score (nSPS) is 15.1. The van der Waals surface area contributed by atoms with Gasteiger partial charge in [-0.1, -0.05) is 32.4 Å². The monoisotopic (exact) mass is 301 g/mol. The Labute approximate surface area is 133 Å². The van der Waals surface area contributed by atoms with Crippen LogP contribution in [0.1, 0.15) is 52.9 Å². The second kappa shape index (κ2) is 7.43. The van der Waals surface area contributed by atoms with E-state index in [1.165, 1.54) is 25.7 Å². The van der Waals surface area contributed by atoms with Gasteiger partial charge >= 0.3 is 0 Å². The van der Waals surface area contributed by atoms with Crippen LogP contribution in [0.25, 0.3) is 0 Å². The molecule has 1 aliphatic carbocycles. The molecular weight excluding hydrogens is 274 g/mol. The van der Waals surface area contributed by atoms with E-state index in [0.717, 1.165) is 24.5 Å². The zero-order valence-corrected chi connectivity index (χ0v) is 13.9. The molecule has 0 unspecified atom stereocenters. The van der Waals surface area contributed by atoms with E-state index in [1.807, 2.05) is 32.9 Å². The van der Waals surface area contributed by atoms with Gasteiger partial charge in [0.15, 0.2) is 0 Å². The van der Waals surface area contributed by atoms with E-state index >= 15 is 0 Å². The summed E-state index contributed by atoms with van der Waals surface area (Å²) in [6.07, 6.45) is 10.3. The summed E-state index contributed by atoms with van der Waals surface area (Å²) >= 11 is 0. The highest BCUT2D eigenvalue weighted by Gasteiger charge is 2.21. The van der Waals surface area contributed by atoms with Crippen molar-refractivity contribution in [3.8, 4) is 0 Å². The fraction of sp³-hybridized carbons (Fsp3) is 0.556. The van der Waals surface area contributed by atoms with E-state index < -0.39 is 5.41 Å². The molecule has 0 spiro atoms. The van der Waals surface area contributed by atoms with Crippen LogP contribution in [0, 0.1) is 5.41 Å². The number of carbonyl (C=O) groups is 1. The number of allylic oxidation sites excluding steroid dienone is 1. The SMILES string of the molecule is CC(C)(C)C(=O)Nc1ccc(NCCC2=CCCCC2)nc1. The minimum Gasteiger partial charge on any atom is -0.370 e. The number of hydrogen-bond donors (Lipinski definition) is 2. The van der Waals surface area contributed by atoms with E-state index in [0.29, 0.717) is 0 Å². The summed E-state index contributed by atoms with van der Waals surface area (Å²) in [6.45, 7) is 6.59. The van der Waals surface area contributed by atoms with E-state index in [-0.39, 0.29) is 5.91 Å². The van der Waals surface area contributed by atoms with Crippen LogP contribution in [-0.2, 0) is 4.79 Å². The van der Waals surface area contributed by atoms with Crippen molar-refractivity contribution >= 4 is 17.4 Å². The van der Waals surface area contributed by atoms with Gasteiger partial charge in [0.05, 0.1) is 11.9 Å². The molecule has 22 heavy (non-hydrogen) atoms. The lowest BCUT2D eigenvalue weighted by atomic mass is 9.96. The zero-order chi connectivity index (χ0) is 16.0. The molecule has 4 nitrogen and oxygen atoms in total. The number of nitrogens with one attached hydrogen (secondary N) is 2. The van der Waals surface area contributed by atoms with Crippen LogP contribution in [0.2, 0.25) is 0 Å². The van der Waals surface area contributed by atoms with Crippen LogP contribution in [-0.4, -0.2) is 17.4 Å². The maximum absolute atomic E-state index is 11.9. The smallest absolute Gasteiger partial charge is 0.229 e. The maximum Gasteiger partial charge on any atom is 0.229 e. The minimum atomic E-state index is -0.398. The van der Waals surface area contributed by atoms with E-state index in [2.05, 4.69) is 21.7 Å². The van der Waals surface area contributed by atoms with Crippen LogP contribution >= 0.6 is 0 Å². The van der Waals surface area contributed by atoms with E-state index in [9.17, 15) is 4.79 Å². The van der Waals surface area contributed by atoms with Crippen molar-refractivity contribution in [1.82, 2.24) is 4.98 Å². The lowest BCUT2D eigenvalue weighted by molar-refractivity contribution is -0.123. The van der Waals surface area contributed by atoms with Gasteiger partial charge in [0.2, 0.25) is 5.91 Å². The molecule has 0 aromatic carbocycles. The number of hydrogen-bond acceptors (Lipinski definition) is 3. The van der Waals surface area contributed by atoms with Crippen LogP contribution in [0.5, 0.6) is 0 Å². The Balaban J connectivity index is 1.79.